The first-order chi connectivity index (χ1) is 8.09. The van der Waals surface area contributed by atoms with E-state index in [1.165, 1.54) is 9.47 Å². The van der Waals surface area contributed by atoms with Crippen LogP contribution in [0.25, 0.3) is 0 Å². The fourth-order valence-corrected chi connectivity index (χ4v) is 2.01. The minimum Gasteiger partial charge on any atom is -0.368 e. The lowest BCUT2D eigenvalue weighted by atomic mass is 10.2. The molecule has 2 rings (SSSR count). The average Bonchev–Trinajstić information content (AvgIpc) is 2.88. The molecule has 1 fully saturated rings. The predicted molar refractivity (Wildman–Crippen MR) is 59.0 cm³/mol. The second-order valence-corrected chi connectivity index (χ2v) is 3.97. The monoisotopic (exact) mass is 235 g/mol. The van der Waals surface area contributed by atoms with Gasteiger partial charge in [0, 0.05) is 18.8 Å². The summed E-state index contributed by atoms with van der Waals surface area (Å²) in [5, 5.41) is 0. The molecule has 1 atom stereocenters. The Morgan fingerprint density at radius 2 is 2.00 bits per heavy atom. The molecule has 0 saturated carbocycles. The van der Waals surface area contributed by atoms with Crippen LogP contribution in [0, 0.1) is 0 Å². The van der Waals surface area contributed by atoms with E-state index in [-0.39, 0.29) is 24.8 Å². The highest BCUT2D eigenvalue weighted by Gasteiger charge is 2.37. The number of hydrogen-bond acceptors (Lipinski definition) is 3. The van der Waals surface area contributed by atoms with Gasteiger partial charge in [-0.2, -0.15) is 0 Å². The van der Waals surface area contributed by atoms with Crippen molar-refractivity contribution in [2.75, 3.05) is 6.54 Å². The first kappa shape index (κ1) is 11.4. The molecule has 0 aliphatic carbocycles. The Bertz CT molecular complexity index is 453. The molecule has 0 unspecified atom stereocenters. The first-order valence-electron chi connectivity index (χ1n) is 5.34. The maximum Gasteiger partial charge on any atom is 0.253 e. The smallest absolute Gasteiger partial charge is 0.253 e. The molecule has 17 heavy (non-hydrogen) atoms. The molecule has 0 bridgehead atoms. The second kappa shape index (κ2) is 4.40. The van der Waals surface area contributed by atoms with Crippen LogP contribution in [-0.4, -0.2) is 39.8 Å². The van der Waals surface area contributed by atoms with Crippen molar-refractivity contribution in [2.45, 2.75) is 18.9 Å². The zero-order valence-electron chi connectivity index (χ0n) is 9.20. The number of amides is 2. The Morgan fingerprint density at radius 3 is 2.59 bits per heavy atom. The van der Waals surface area contributed by atoms with Crippen LogP contribution >= 0.6 is 0 Å². The van der Waals surface area contributed by atoms with E-state index in [1.54, 1.807) is 24.5 Å². The molecule has 90 valence electrons. The molecule has 1 aromatic heterocycles. The van der Waals surface area contributed by atoms with Crippen molar-refractivity contribution in [3.63, 3.8) is 0 Å². The summed E-state index contributed by atoms with van der Waals surface area (Å²) >= 11 is 0. The quantitative estimate of drug-likeness (QED) is 0.773. The van der Waals surface area contributed by atoms with E-state index >= 15 is 0 Å². The predicted octanol–water partition coefficient (Wildman–Crippen LogP) is -0.395. The largest absolute Gasteiger partial charge is 0.368 e. The molecule has 1 aromatic rings. The number of carbonyl (C=O) groups is 3. The Labute approximate surface area is 98.0 Å². The van der Waals surface area contributed by atoms with Crippen LogP contribution in [0.15, 0.2) is 24.5 Å². The van der Waals surface area contributed by atoms with Crippen molar-refractivity contribution < 1.29 is 14.4 Å². The lowest BCUT2D eigenvalue weighted by molar-refractivity contribution is -0.132. The van der Waals surface area contributed by atoms with Crippen LogP contribution in [0.5, 0.6) is 0 Å². The third-order valence-electron chi connectivity index (χ3n) is 2.80. The molecule has 6 heteroatoms. The molecule has 0 spiro atoms. The molecule has 6 nitrogen and oxygen atoms in total. The summed E-state index contributed by atoms with van der Waals surface area (Å²) in [7, 11) is 0. The summed E-state index contributed by atoms with van der Waals surface area (Å²) in [5.41, 5.74) is 5.06. The zero-order chi connectivity index (χ0) is 12.4. The Hall–Kier alpha value is -2.11. The van der Waals surface area contributed by atoms with E-state index in [1.807, 2.05) is 0 Å². The van der Waals surface area contributed by atoms with E-state index in [2.05, 4.69) is 0 Å². The number of likely N-dealkylation sites (tertiary alicyclic amines) is 1. The van der Waals surface area contributed by atoms with E-state index in [9.17, 15) is 14.4 Å². The third-order valence-corrected chi connectivity index (χ3v) is 2.80. The number of primary amides is 1. The number of rotatable bonds is 3. The van der Waals surface area contributed by atoms with Gasteiger partial charge in [-0.05, 0) is 18.6 Å². The molecular formula is C11H13N3O3. The molecule has 0 aromatic carbocycles. The van der Waals surface area contributed by atoms with E-state index in [0.717, 1.165) is 0 Å². The van der Waals surface area contributed by atoms with Gasteiger partial charge in [0.05, 0.1) is 0 Å². The van der Waals surface area contributed by atoms with Gasteiger partial charge in [0.2, 0.25) is 11.8 Å². The van der Waals surface area contributed by atoms with Crippen LogP contribution in [-0.2, 0) is 9.59 Å². The van der Waals surface area contributed by atoms with E-state index < -0.39 is 11.9 Å². The SMILES string of the molecule is NC(=O)CN1C(=O)CC[C@@H]1C(=O)n1cccc1. The Kier molecular flexibility index (Phi) is 2.95. The van der Waals surface area contributed by atoms with Crippen molar-refractivity contribution in [3.05, 3.63) is 24.5 Å². The van der Waals surface area contributed by atoms with Crippen LogP contribution in [0.4, 0.5) is 0 Å². The molecule has 0 radical (unpaired) electrons. The maximum atomic E-state index is 12.1. The highest BCUT2D eigenvalue weighted by atomic mass is 16.2. The maximum absolute atomic E-state index is 12.1. The van der Waals surface area contributed by atoms with Crippen molar-refractivity contribution in [2.24, 2.45) is 5.73 Å². The topological polar surface area (TPSA) is 85.4 Å². The summed E-state index contributed by atoms with van der Waals surface area (Å²) in [4.78, 5) is 35.7. The summed E-state index contributed by atoms with van der Waals surface area (Å²) in [5.74, 6) is -1.01. The average molecular weight is 235 g/mol. The highest BCUT2D eigenvalue weighted by molar-refractivity contribution is 5.94. The first-order valence-corrected chi connectivity index (χ1v) is 5.34. The molecule has 2 amide bonds. The number of aromatic nitrogens is 1. The normalized spacial score (nSPS) is 19.6. The molecular weight excluding hydrogens is 222 g/mol. The van der Waals surface area contributed by atoms with Gasteiger partial charge in [0.15, 0.2) is 0 Å². The summed E-state index contributed by atoms with van der Waals surface area (Å²) in [6.45, 7) is -0.198. The van der Waals surface area contributed by atoms with Gasteiger partial charge in [-0.1, -0.05) is 0 Å². The lowest BCUT2D eigenvalue weighted by Crippen LogP contribution is -2.44. The van der Waals surface area contributed by atoms with Crippen LogP contribution in [0.3, 0.4) is 0 Å². The van der Waals surface area contributed by atoms with Crippen molar-refractivity contribution >= 4 is 17.7 Å². The van der Waals surface area contributed by atoms with Gasteiger partial charge in [-0.15, -0.1) is 0 Å². The Morgan fingerprint density at radius 1 is 1.35 bits per heavy atom. The van der Waals surface area contributed by atoms with E-state index in [0.29, 0.717) is 6.42 Å². The minimum atomic E-state index is -0.606. The van der Waals surface area contributed by atoms with E-state index in [4.69, 9.17) is 5.73 Å². The summed E-state index contributed by atoms with van der Waals surface area (Å²) < 4.78 is 1.41. The molecule has 2 N–H and O–H groups in total. The zero-order valence-corrected chi connectivity index (χ0v) is 9.20. The fraction of sp³-hybridized carbons (Fsp3) is 0.364. The standard InChI is InChI=1S/C11H13N3O3/c12-9(15)7-14-8(3-4-10(14)16)11(17)13-5-1-2-6-13/h1-2,5-6,8H,3-4,7H2,(H2,12,15)/t8-/m1/s1. The lowest BCUT2D eigenvalue weighted by Gasteiger charge is -2.22. The van der Waals surface area contributed by atoms with Crippen LogP contribution in [0.1, 0.15) is 17.6 Å². The molecule has 2 heterocycles. The van der Waals surface area contributed by atoms with Crippen LogP contribution in [0.2, 0.25) is 0 Å². The summed E-state index contributed by atoms with van der Waals surface area (Å²) in [6, 6.07) is 2.88. The number of hydrogen-bond donors (Lipinski definition) is 1. The number of nitrogens with two attached hydrogens (primary N) is 1. The Balaban J connectivity index is 2.17. The van der Waals surface area contributed by atoms with Gasteiger partial charge in [0.1, 0.15) is 12.6 Å². The van der Waals surface area contributed by atoms with Crippen molar-refractivity contribution in [3.8, 4) is 0 Å². The van der Waals surface area contributed by atoms with Crippen molar-refractivity contribution in [1.29, 1.82) is 0 Å². The van der Waals surface area contributed by atoms with Gasteiger partial charge in [-0.3, -0.25) is 19.0 Å². The number of nitrogens with zero attached hydrogens (tertiary/aromatic N) is 2. The third kappa shape index (κ3) is 2.20. The van der Waals surface area contributed by atoms with Gasteiger partial charge in [0.25, 0.3) is 5.91 Å². The molecule has 1 aliphatic rings. The summed E-state index contributed by atoms with van der Waals surface area (Å²) in [6.07, 6.45) is 3.95. The van der Waals surface area contributed by atoms with Gasteiger partial charge < -0.3 is 10.6 Å². The van der Waals surface area contributed by atoms with Crippen LogP contribution < -0.4 is 5.73 Å². The second-order valence-electron chi connectivity index (χ2n) is 3.97. The van der Waals surface area contributed by atoms with Gasteiger partial charge >= 0.3 is 0 Å². The van der Waals surface area contributed by atoms with Gasteiger partial charge in [-0.25, -0.2) is 0 Å². The fourth-order valence-electron chi connectivity index (χ4n) is 2.01. The van der Waals surface area contributed by atoms with Crippen molar-refractivity contribution in [1.82, 2.24) is 9.47 Å². The number of carbonyl (C=O) groups excluding carboxylic acids is 3. The highest BCUT2D eigenvalue weighted by Crippen LogP contribution is 2.19. The molecule has 1 aliphatic heterocycles. The minimum absolute atomic E-state index is 0.198. The molecule has 1 saturated heterocycles.